The summed E-state index contributed by atoms with van der Waals surface area (Å²) in [6.07, 6.45) is 2.77. The van der Waals surface area contributed by atoms with Gasteiger partial charge in [0.1, 0.15) is 11.9 Å². The van der Waals surface area contributed by atoms with Crippen LogP contribution in [0.15, 0.2) is 12.4 Å². The molecule has 10 heavy (non-hydrogen) atoms. The summed E-state index contributed by atoms with van der Waals surface area (Å²) in [4.78, 5) is 3.92. The highest BCUT2D eigenvalue weighted by Crippen LogP contribution is 2.05. The lowest BCUT2D eigenvalue weighted by molar-refractivity contribution is 0.173. The topological polar surface area (TPSA) is 64.1 Å². The van der Waals surface area contributed by atoms with E-state index in [-0.39, 0.29) is 6.54 Å². The zero-order chi connectivity index (χ0) is 7.56. The van der Waals surface area contributed by atoms with E-state index in [9.17, 15) is 5.11 Å². The second-order valence-electron chi connectivity index (χ2n) is 2.15. The van der Waals surface area contributed by atoms with E-state index in [0.717, 1.165) is 0 Å². The van der Waals surface area contributed by atoms with E-state index in [1.54, 1.807) is 17.0 Å². The van der Waals surface area contributed by atoms with Gasteiger partial charge in [-0.3, -0.25) is 0 Å². The van der Waals surface area contributed by atoms with Crippen molar-refractivity contribution in [3.8, 4) is 0 Å². The first kappa shape index (κ1) is 7.24. The minimum atomic E-state index is -0.639. The number of hydrogen-bond acceptors (Lipinski definition) is 3. The zero-order valence-corrected chi connectivity index (χ0v) is 5.86. The van der Waals surface area contributed by atoms with Gasteiger partial charge >= 0.3 is 0 Å². The van der Waals surface area contributed by atoms with Crippen molar-refractivity contribution in [1.82, 2.24) is 9.55 Å². The molecule has 0 amide bonds. The van der Waals surface area contributed by atoms with Crippen LogP contribution in [0.25, 0.3) is 0 Å². The Bertz CT molecular complexity index is 209. The lowest BCUT2D eigenvalue weighted by Crippen LogP contribution is -2.15. The molecule has 0 saturated heterocycles. The third-order valence-corrected chi connectivity index (χ3v) is 1.38. The van der Waals surface area contributed by atoms with Crippen LogP contribution in [0.1, 0.15) is 11.9 Å². The number of imidazole rings is 1. The maximum atomic E-state index is 9.19. The Morgan fingerprint density at radius 1 is 1.90 bits per heavy atom. The third kappa shape index (κ3) is 1.17. The average molecular weight is 141 g/mol. The summed E-state index contributed by atoms with van der Waals surface area (Å²) in [5.41, 5.74) is 5.23. The van der Waals surface area contributed by atoms with Gasteiger partial charge in [0.2, 0.25) is 0 Å². The highest BCUT2D eigenvalue weighted by molar-refractivity contribution is 4.95. The van der Waals surface area contributed by atoms with E-state index in [1.165, 1.54) is 0 Å². The van der Waals surface area contributed by atoms with Crippen molar-refractivity contribution in [3.63, 3.8) is 0 Å². The van der Waals surface area contributed by atoms with E-state index in [1.807, 2.05) is 7.05 Å². The summed E-state index contributed by atoms with van der Waals surface area (Å²) >= 11 is 0. The number of aliphatic hydroxyl groups excluding tert-OH is 1. The van der Waals surface area contributed by atoms with Crippen LogP contribution in [0, 0.1) is 0 Å². The second-order valence-corrected chi connectivity index (χ2v) is 2.15. The fraction of sp³-hybridized carbons (Fsp3) is 0.500. The van der Waals surface area contributed by atoms with Gasteiger partial charge in [-0.05, 0) is 0 Å². The van der Waals surface area contributed by atoms with Crippen LogP contribution >= 0.6 is 0 Å². The first-order valence-electron chi connectivity index (χ1n) is 3.11. The van der Waals surface area contributed by atoms with Crippen molar-refractivity contribution in [2.24, 2.45) is 12.8 Å². The maximum absolute atomic E-state index is 9.19. The van der Waals surface area contributed by atoms with E-state index in [0.29, 0.717) is 5.82 Å². The van der Waals surface area contributed by atoms with Crippen molar-refractivity contribution in [2.75, 3.05) is 6.54 Å². The summed E-state index contributed by atoms with van der Waals surface area (Å²) < 4.78 is 1.75. The maximum Gasteiger partial charge on any atom is 0.138 e. The Labute approximate surface area is 59.3 Å². The Kier molecular flexibility index (Phi) is 2.03. The van der Waals surface area contributed by atoms with Gasteiger partial charge in [0, 0.05) is 26.0 Å². The molecule has 0 spiro atoms. The van der Waals surface area contributed by atoms with Crippen LogP contribution in [-0.4, -0.2) is 21.2 Å². The van der Waals surface area contributed by atoms with Gasteiger partial charge in [-0.25, -0.2) is 4.98 Å². The number of hydrogen-bond donors (Lipinski definition) is 2. The molecule has 0 aliphatic rings. The van der Waals surface area contributed by atoms with Gasteiger partial charge in [-0.15, -0.1) is 0 Å². The molecule has 0 radical (unpaired) electrons. The van der Waals surface area contributed by atoms with Gasteiger partial charge in [0.25, 0.3) is 0 Å². The average Bonchev–Trinajstić information content (AvgIpc) is 2.34. The molecule has 3 N–H and O–H groups in total. The molecule has 4 heteroatoms. The molecular weight excluding hydrogens is 130 g/mol. The minimum absolute atomic E-state index is 0.213. The second kappa shape index (κ2) is 2.81. The molecule has 1 rings (SSSR count). The van der Waals surface area contributed by atoms with Crippen molar-refractivity contribution >= 4 is 0 Å². The first-order chi connectivity index (χ1) is 4.75. The molecule has 1 atom stereocenters. The SMILES string of the molecule is Cn1ccnc1[C@H](O)CN. The summed E-state index contributed by atoms with van der Waals surface area (Å²) in [5, 5.41) is 9.19. The third-order valence-electron chi connectivity index (χ3n) is 1.38. The van der Waals surface area contributed by atoms with Gasteiger partial charge in [0.15, 0.2) is 0 Å². The van der Waals surface area contributed by atoms with Crippen molar-refractivity contribution in [3.05, 3.63) is 18.2 Å². The number of aryl methyl sites for hydroxylation is 1. The number of nitrogens with zero attached hydrogens (tertiary/aromatic N) is 2. The predicted molar refractivity (Wildman–Crippen MR) is 37.2 cm³/mol. The standard InChI is InChI=1S/C6H11N3O/c1-9-3-2-8-6(9)5(10)4-7/h2-3,5,10H,4,7H2,1H3/t5-/m1/s1. The van der Waals surface area contributed by atoms with Crippen LogP contribution in [0.3, 0.4) is 0 Å². The Balaban J connectivity index is 2.82. The minimum Gasteiger partial charge on any atom is -0.384 e. The van der Waals surface area contributed by atoms with Crippen LogP contribution in [0.2, 0.25) is 0 Å². The summed E-state index contributed by atoms with van der Waals surface area (Å²) in [5.74, 6) is 0.613. The van der Waals surface area contributed by atoms with Crippen molar-refractivity contribution in [1.29, 1.82) is 0 Å². The molecule has 0 aliphatic heterocycles. The van der Waals surface area contributed by atoms with Crippen LogP contribution in [-0.2, 0) is 7.05 Å². The zero-order valence-electron chi connectivity index (χ0n) is 5.86. The molecule has 4 nitrogen and oxygen atoms in total. The van der Waals surface area contributed by atoms with E-state index >= 15 is 0 Å². The van der Waals surface area contributed by atoms with E-state index < -0.39 is 6.10 Å². The monoisotopic (exact) mass is 141 g/mol. The lowest BCUT2D eigenvalue weighted by Gasteiger charge is -2.05. The van der Waals surface area contributed by atoms with Gasteiger partial charge in [-0.1, -0.05) is 0 Å². The fourth-order valence-corrected chi connectivity index (χ4v) is 0.804. The molecule has 56 valence electrons. The summed E-state index contributed by atoms with van der Waals surface area (Å²) in [6.45, 7) is 0.213. The summed E-state index contributed by atoms with van der Waals surface area (Å²) in [7, 11) is 1.82. The number of aliphatic hydroxyl groups is 1. The fourth-order valence-electron chi connectivity index (χ4n) is 0.804. The molecular formula is C6H11N3O. The molecule has 0 bridgehead atoms. The van der Waals surface area contributed by atoms with Gasteiger partial charge < -0.3 is 15.4 Å². The predicted octanol–water partition coefficient (Wildman–Crippen LogP) is -0.588. The molecule has 0 aromatic carbocycles. The molecule has 0 fully saturated rings. The first-order valence-corrected chi connectivity index (χ1v) is 3.11. The van der Waals surface area contributed by atoms with Crippen LogP contribution < -0.4 is 5.73 Å². The van der Waals surface area contributed by atoms with Gasteiger partial charge in [-0.2, -0.15) is 0 Å². The molecule has 0 saturated carbocycles. The summed E-state index contributed by atoms with van der Waals surface area (Å²) in [6, 6.07) is 0. The van der Waals surface area contributed by atoms with Crippen molar-refractivity contribution < 1.29 is 5.11 Å². The van der Waals surface area contributed by atoms with Crippen LogP contribution in [0.4, 0.5) is 0 Å². The number of nitrogens with two attached hydrogens (primary N) is 1. The van der Waals surface area contributed by atoms with Crippen LogP contribution in [0.5, 0.6) is 0 Å². The highest BCUT2D eigenvalue weighted by atomic mass is 16.3. The molecule has 1 aromatic rings. The largest absolute Gasteiger partial charge is 0.384 e. The molecule has 0 aliphatic carbocycles. The lowest BCUT2D eigenvalue weighted by atomic mass is 10.3. The van der Waals surface area contributed by atoms with E-state index in [4.69, 9.17) is 5.73 Å². The molecule has 0 unspecified atom stereocenters. The Hall–Kier alpha value is -0.870. The smallest absolute Gasteiger partial charge is 0.138 e. The van der Waals surface area contributed by atoms with Crippen molar-refractivity contribution in [2.45, 2.75) is 6.10 Å². The highest BCUT2D eigenvalue weighted by Gasteiger charge is 2.08. The van der Waals surface area contributed by atoms with E-state index in [2.05, 4.69) is 4.98 Å². The Morgan fingerprint density at radius 3 is 3.00 bits per heavy atom. The Morgan fingerprint density at radius 2 is 2.60 bits per heavy atom. The quantitative estimate of drug-likeness (QED) is 0.578. The number of aromatic nitrogens is 2. The van der Waals surface area contributed by atoms with Gasteiger partial charge in [0.05, 0.1) is 0 Å². The number of rotatable bonds is 2. The molecule has 1 aromatic heterocycles. The normalized spacial score (nSPS) is 13.5. The molecule has 1 heterocycles.